The van der Waals surface area contributed by atoms with E-state index in [4.69, 9.17) is 4.74 Å². The van der Waals surface area contributed by atoms with Gasteiger partial charge in [0.05, 0.1) is 18.4 Å². The smallest absolute Gasteiger partial charge is 0.337 e. The van der Waals surface area contributed by atoms with Crippen molar-refractivity contribution in [2.45, 2.75) is 64.7 Å². The molecular formula is C36H37N3O5. The summed E-state index contributed by atoms with van der Waals surface area (Å²) in [7, 11) is 1.34. The number of benzene rings is 2. The lowest BCUT2D eigenvalue weighted by molar-refractivity contribution is -0.122. The third-order valence-corrected chi connectivity index (χ3v) is 10.5. The number of anilines is 1. The molecular weight excluding hydrogens is 554 g/mol. The van der Waals surface area contributed by atoms with Gasteiger partial charge in [0, 0.05) is 17.1 Å². The summed E-state index contributed by atoms with van der Waals surface area (Å²) in [6, 6.07) is 14.3. The van der Waals surface area contributed by atoms with Gasteiger partial charge in [-0.05, 0) is 136 Å². The Hall–Kier alpha value is -4.46. The van der Waals surface area contributed by atoms with Gasteiger partial charge in [-0.2, -0.15) is 0 Å². The molecule has 8 heteroatoms. The normalized spacial score (nSPS) is 26.8. The molecule has 2 heterocycles. The Kier molecular flexibility index (Phi) is 6.64. The van der Waals surface area contributed by atoms with Crippen molar-refractivity contribution in [1.29, 1.82) is 0 Å². The van der Waals surface area contributed by atoms with E-state index in [9.17, 15) is 19.2 Å². The van der Waals surface area contributed by atoms with Crippen molar-refractivity contribution in [3.63, 3.8) is 0 Å². The van der Waals surface area contributed by atoms with Crippen LogP contribution in [-0.4, -0.2) is 35.5 Å². The third-order valence-electron chi connectivity index (χ3n) is 10.5. The number of aryl methyl sites for hydroxylation is 2. The number of amides is 4. The zero-order valence-electron chi connectivity index (χ0n) is 25.6. The molecule has 8 nitrogen and oxygen atoms in total. The summed E-state index contributed by atoms with van der Waals surface area (Å²) in [6.07, 6.45) is 9.33. The van der Waals surface area contributed by atoms with Gasteiger partial charge in [-0.25, -0.2) is 14.5 Å². The Balaban J connectivity index is 1.19. The number of barbiturate groups is 1. The summed E-state index contributed by atoms with van der Waals surface area (Å²) >= 11 is 0. The van der Waals surface area contributed by atoms with Crippen LogP contribution >= 0.6 is 0 Å². The number of esters is 1. The molecule has 4 amide bonds. The predicted molar refractivity (Wildman–Crippen MR) is 167 cm³/mol. The number of nitrogens with one attached hydrogen (secondary N) is 1. The highest BCUT2D eigenvalue weighted by Gasteiger charge is 2.51. The van der Waals surface area contributed by atoms with E-state index in [-0.39, 0.29) is 11.0 Å². The van der Waals surface area contributed by atoms with E-state index in [0.29, 0.717) is 16.8 Å². The van der Waals surface area contributed by atoms with Crippen LogP contribution in [0.3, 0.4) is 0 Å². The first-order valence-electron chi connectivity index (χ1n) is 15.5. The van der Waals surface area contributed by atoms with Crippen molar-refractivity contribution < 1.29 is 23.9 Å². The number of carbonyl (C=O) groups excluding carboxylic acids is 4. The summed E-state index contributed by atoms with van der Waals surface area (Å²) in [5.74, 6) is 0.631. The summed E-state index contributed by atoms with van der Waals surface area (Å²) in [6.45, 7) is 5.76. The molecule has 0 spiro atoms. The van der Waals surface area contributed by atoms with E-state index < -0.39 is 23.8 Å². The van der Waals surface area contributed by atoms with Gasteiger partial charge in [0.1, 0.15) is 5.57 Å². The van der Waals surface area contributed by atoms with E-state index >= 15 is 0 Å². The number of carbonyl (C=O) groups is 4. The highest BCUT2D eigenvalue weighted by Crippen LogP contribution is 2.60. The standard InChI is InChI=1S/C36H37N3O5/c1-20-5-6-26(34(42)44-4)16-31(20)38-21(2)11-27(22(38)3)15-30-32(40)37-35(43)39(33(30)41)29-9-7-28(8-10-29)36-17-23-12-24(18-36)14-25(13-23)19-36/h5-11,15-16,23-25H,12-14,17-19H2,1-4H3,(H,37,40,43)/b30-15+. The lowest BCUT2D eigenvalue weighted by Crippen LogP contribution is -2.54. The minimum Gasteiger partial charge on any atom is -0.465 e. The maximum absolute atomic E-state index is 13.8. The van der Waals surface area contributed by atoms with Crippen molar-refractivity contribution in [3.8, 4) is 5.69 Å². The molecule has 0 atom stereocenters. The molecule has 1 aliphatic heterocycles. The van der Waals surface area contributed by atoms with Crippen LogP contribution in [-0.2, 0) is 19.7 Å². The molecule has 0 radical (unpaired) electrons. The molecule has 4 bridgehead atoms. The summed E-state index contributed by atoms with van der Waals surface area (Å²) in [5, 5.41) is 2.36. The second-order valence-corrected chi connectivity index (χ2v) is 13.4. The minimum atomic E-state index is -0.750. The summed E-state index contributed by atoms with van der Waals surface area (Å²) in [4.78, 5) is 53.0. The fraction of sp³-hybridized carbons (Fsp3) is 0.389. The van der Waals surface area contributed by atoms with E-state index in [1.165, 1.54) is 51.2 Å². The molecule has 4 saturated carbocycles. The van der Waals surface area contributed by atoms with Gasteiger partial charge < -0.3 is 9.30 Å². The van der Waals surface area contributed by atoms with Gasteiger partial charge in [0.2, 0.25) is 0 Å². The predicted octanol–water partition coefficient (Wildman–Crippen LogP) is 6.32. The Bertz CT molecular complexity index is 1730. The van der Waals surface area contributed by atoms with Crippen LogP contribution in [0.5, 0.6) is 0 Å². The molecule has 0 unspecified atom stereocenters. The van der Waals surface area contributed by atoms with Crippen LogP contribution in [0.2, 0.25) is 0 Å². The first-order valence-corrected chi connectivity index (χ1v) is 15.5. The number of nitrogens with zero attached hydrogens (tertiary/aromatic N) is 2. The molecule has 5 aliphatic rings. The SMILES string of the molecule is COC(=O)c1ccc(C)c(-n2c(C)cc(/C=C3\C(=O)NC(=O)N(c4ccc(C56CC7CC(CC(C7)C5)C6)cc4)C3=O)c2C)c1. The Labute approximate surface area is 257 Å². The minimum absolute atomic E-state index is 0.116. The highest BCUT2D eigenvalue weighted by atomic mass is 16.5. The zero-order valence-corrected chi connectivity index (χ0v) is 25.6. The molecule has 1 aromatic heterocycles. The molecule has 44 heavy (non-hydrogen) atoms. The Morgan fingerprint density at radius 2 is 1.55 bits per heavy atom. The van der Waals surface area contributed by atoms with Gasteiger partial charge in [-0.1, -0.05) is 18.2 Å². The summed E-state index contributed by atoms with van der Waals surface area (Å²) in [5.41, 5.74) is 6.30. The van der Waals surface area contributed by atoms with Gasteiger partial charge in [-0.3, -0.25) is 14.9 Å². The van der Waals surface area contributed by atoms with Crippen LogP contribution in [0.15, 0.2) is 54.1 Å². The number of urea groups is 1. The molecule has 5 fully saturated rings. The number of aromatic nitrogens is 1. The second-order valence-electron chi connectivity index (χ2n) is 13.4. The Morgan fingerprint density at radius 3 is 2.16 bits per heavy atom. The number of hydrogen-bond donors (Lipinski definition) is 1. The van der Waals surface area contributed by atoms with E-state index in [0.717, 1.165) is 45.3 Å². The number of rotatable bonds is 5. The number of ether oxygens (including phenoxy) is 1. The lowest BCUT2D eigenvalue weighted by atomic mass is 9.48. The maximum atomic E-state index is 13.8. The van der Waals surface area contributed by atoms with Crippen molar-refractivity contribution in [1.82, 2.24) is 9.88 Å². The topological polar surface area (TPSA) is 97.7 Å². The molecule has 4 aliphatic carbocycles. The molecule has 3 aromatic rings. The first-order chi connectivity index (χ1) is 21.1. The average Bonchev–Trinajstić information content (AvgIpc) is 3.26. The van der Waals surface area contributed by atoms with Crippen molar-refractivity contribution >= 4 is 35.6 Å². The van der Waals surface area contributed by atoms with Crippen LogP contribution in [0.1, 0.15) is 77.0 Å². The van der Waals surface area contributed by atoms with Crippen molar-refractivity contribution in [2.24, 2.45) is 17.8 Å². The van der Waals surface area contributed by atoms with Gasteiger partial charge >= 0.3 is 12.0 Å². The van der Waals surface area contributed by atoms with E-state index in [2.05, 4.69) is 17.4 Å². The first kappa shape index (κ1) is 28.3. The van der Waals surface area contributed by atoms with E-state index in [1.807, 2.05) is 49.6 Å². The number of methoxy groups -OCH3 is 1. The van der Waals surface area contributed by atoms with Crippen molar-refractivity contribution in [3.05, 3.63) is 87.7 Å². The largest absolute Gasteiger partial charge is 0.465 e. The van der Waals surface area contributed by atoms with Crippen LogP contribution < -0.4 is 10.2 Å². The quantitative estimate of drug-likeness (QED) is 0.213. The number of hydrogen-bond acceptors (Lipinski definition) is 5. The zero-order chi connectivity index (χ0) is 30.9. The molecule has 1 saturated heterocycles. The van der Waals surface area contributed by atoms with Crippen LogP contribution in [0, 0.1) is 38.5 Å². The Morgan fingerprint density at radius 1 is 0.909 bits per heavy atom. The average molecular weight is 592 g/mol. The van der Waals surface area contributed by atoms with E-state index in [1.54, 1.807) is 18.2 Å². The van der Waals surface area contributed by atoms with Gasteiger partial charge in [0.25, 0.3) is 11.8 Å². The lowest BCUT2D eigenvalue weighted by Gasteiger charge is -2.57. The highest BCUT2D eigenvalue weighted by molar-refractivity contribution is 6.39. The number of imide groups is 2. The van der Waals surface area contributed by atoms with Gasteiger partial charge in [0.15, 0.2) is 0 Å². The molecule has 226 valence electrons. The fourth-order valence-corrected chi connectivity index (χ4v) is 8.88. The van der Waals surface area contributed by atoms with Crippen molar-refractivity contribution in [2.75, 3.05) is 12.0 Å². The van der Waals surface area contributed by atoms with Crippen LogP contribution in [0.4, 0.5) is 10.5 Å². The third kappa shape index (κ3) is 4.50. The van der Waals surface area contributed by atoms with Gasteiger partial charge in [-0.15, -0.1) is 0 Å². The van der Waals surface area contributed by atoms with Crippen LogP contribution in [0.25, 0.3) is 11.8 Å². The second kappa shape index (κ2) is 10.3. The molecule has 1 N–H and O–H groups in total. The maximum Gasteiger partial charge on any atom is 0.337 e. The summed E-state index contributed by atoms with van der Waals surface area (Å²) < 4.78 is 6.88. The molecule has 2 aromatic carbocycles. The molecule has 8 rings (SSSR count). The monoisotopic (exact) mass is 591 g/mol. The fourth-order valence-electron chi connectivity index (χ4n) is 8.88.